The van der Waals surface area contributed by atoms with Crippen molar-refractivity contribution in [2.45, 2.75) is 25.3 Å². The maximum Gasteiger partial charge on any atom is 0.191 e. The lowest BCUT2D eigenvalue weighted by Gasteiger charge is -2.35. The number of piperidine rings is 1. The number of methoxy groups -OCH3 is 1. The average molecular weight is 524 g/mol. The first-order chi connectivity index (χ1) is 12.9. The van der Waals surface area contributed by atoms with Crippen LogP contribution in [0.15, 0.2) is 29.3 Å². The maximum absolute atomic E-state index is 11.3. The molecule has 0 aromatic heterocycles. The van der Waals surface area contributed by atoms with Crippen molar-refractivity contribution in [3.8, 4) is 5.75 Å². The molecule has 2 rings (SSSR count). The molecule has 28 heavy (non-hydrogen) atoms. The molecule has 0 bridgehead atoms. The summed E-state index contributed by atoms with van der Waals surface area (Å²) < 4.78 is 27.9. The Morgan fingerprint density at radius 2 is 1.82 bits per heavy atom. The SMILES string of the molecule is CN=C(NCCS(C)(=O)=O)NCC(c1ccc(OC)cc1)N1CCCCC1.I. The standard InChI is InChI=1S/C19H32N4O3S.HI/c1-20-19(21-11-14-27(3,24)25)22-15-18(23-12-5-4-6-13-23)16-7-9-17(26-2)10-8-16;/h7-10,18H,4-6,11-15H2,1-3H3,(H2,20,21,22);1H. The lowest BCUT2D eigenvalue weighted by molar-refractivity contribution is 0.164. The van der Waals surface area contributed by atoms with Crippen molar-refractivity contribution in [3.63, 3.8) is 0 Å². The highest BCUT2D eigenvalue weighted by Crippen LogP contribution is 2.25. The number of likely N-dealkylation sites (tertiary alicyclic amines) is 1. The van der Waals surface area contributed by atoms with Crippen LogP contribution in [0.4, 0.5) is 0 Å². The van der Waals surface area contributed by atoms with Crippen LogP contribution in [0.1, 0.15) is 30.9 Å². The number of halogens is 1. The van der Waals surface area contributed by atoms with E-state index in [0.29, 0.717) is 19.0 Å². The van der Waals surface area contributed by atoms with Crippen LogP contribution >= 0.6 is 24.0 Å². The molecule has 1 aromatic rings. The smallest absolute Gasteiger partial charge is 0.191 e. The lowest BCUT2D eigenvalue weighted by Crippen LogP contribution is -2.45. The summed E-state index contributed by atoms with van der Waals surface area (Å²) in [6.07, 6.45) is 4.96. The fourth-order valence-corrected chi connectivity index (χ4v) is 3.76. The molecule has 0 saturated carbocycles. The van der Waals surface area contributed by atoms with E-state index in [4.69, 9.17) is 4.74 Å². The Hall–Kier alpha value is -1.07. The molecule has 1 unspecified atom stereocenters. The second-order valence-electron chi connectivity index (χ2n) is 6.90. The van der Waals surface area contributed by atoms with E-state index in [1.165, 1.54) is 31.1 Å². The van der Waals surface area contributed by atoms with Crippen molar-refractivity contribution in [2.24, 2.45) is 4.99 Å². The van der Waals surface area contributed by atoms with Crippen molar-refractivity contribution in [2.75, 3.05) is 52.3 Å². The fourth-order valence-electron chi connectivity index (χ4n) is 3.28. The molecule has 1 fully saturated rings. The van der Waals surface area contributed by atoms with Crippen LogP contribution in [0.25, 0.3) is 0 Å². The summed E-state index contributed by atoms with van der Waals surface area (Å²) in [5.74, 6) is 1.55. The predicted molar refractivity (Wildman–Crippen MR) is 126 cm³/mol. The van der Waals surface area contributed by atoms with Crippen LogP contribution in [-0.4, -0.2) is 71.6 Å². The third-order valence-electron chi connectivity index (χ3n) is 4.78. The van der Waals surface area contributed by atoms with E-state index < -0.39 is 9.84 Å². The summed E-state index contributed by atoms with van der Waals surface area (Å²) in [6, 6.07) is 8.43. The molecule has 1 heterocycles. The van der Waals surface area contributed by atoms with Crippen molar-refractivity contribution in [3.05, 3.63) is 29.8 Å². The molecule has 9 heteroatoms. The predicted octanol–water partition coefficient (Wildman–Crippen LogP) is 2.05. The van der Waals surface area contributed by atoms with Crippen LogP contribution in [0.2, 0.25) is 0 Å². The van der Waals surface area contributed by atoms with Gasteiger partial charge in [0.25, 0.3) is 0 Å². The van der Waals surface area contributed by atoms with E-state index in [1.54, 1.807) is 14.2 Å². The van der Waals surface area contributed by atoms with E-state index >= 15 is 0 Å². The Morgan fingerprint density at radius 1 is 1.18 bits per heavy atom. The lowest BCUT2D eigenvalue weighted by atomic mass is 10.0. The van der Waals surface area contributed by atoms with Gasteiger partial charge in [-0.25, -0.2) is 8.42 Å². The fraction of sp³-hybridized carbons (Fsp3) is 0.632. The quantitative estimate of drug-likeness (QED) is 0.308. The minimum atomic E-state index is -2.99. The number of benzene rings is 1. The van der Waals surface area contributed by atoms with Gasteiger partial charge in [-0.15, -0.1) is 24.0 Å². The third-order valence-corrected chi connectivity index (χ3v) is 5.73. The zero-order chi connectivity index (χ0) is 19.7. The Balaban J connectivity index is 0.00000392. The Morgan fingerprint density at radius 3 is 2.36 bits per heavy atom. The van der Waals surface area contributed by atoms with Gasteiger partial charge >= 0.3 is 0 Å². The summed E-state index contributed by atoms with van der Waals surface area (Å²) in [5.41, 5.74) is 1.23. The van der Waals surface area contributed by atoms with Gasteiger partial charge in [0.05, 0.1) is 18.9 Å². The van der Waals surface area contributed by atoms with E-state index in [-0.39, 0.29) is 35.8 Å². The van der Waals surface area contributed by atoms with Gasteiger partial charge in [0.1, 0.15) is 15.6 Å². The molecule has 2 N–H and O–H groups in total. The molecule has 1 saturated heterocycles. The maximum atomic E-state index is 11.3. The molecular weight excluding hydrogens is 491 g/mol. The van der Waals surface area contributed by atoms with Gasteiger partial charge in [0.15, 0.2) is 5.96 Å². The highest BCUT2D eigenvalue weighted by Gasteiger charge is 2.22. The van der Waals surface area contributed by atoms with Crippen molar-refractivity contribution in [1.29, 1.82) is 0 Å². The van der Waals surface area contributed by atoms with Crippen molar-refractivity contribution >= 4 is 39.8 Å². The van der Waals surface area contributed by atoms with Crippen LogP contribution < -0.4 is 15.4 Å². The molecule has 0 aliphatic carbocycles. The zero-order valence-electron chi connectivity index (χ0n) is 17.0. The molecule has 1 aliphatic rings. The number of nitrogens with zero attached hydrogens (tertiary/aromatic N) is 2. The van der Waals surface area contributed by atoms with E-state index in [9.17, 15) is 8.42 Å². The van der Waals surface area contributed by atoms with Gasteiger partial charge in [0.2, 0.25) is 0 Å². The zero-order valence-corrected chi connectivity index (χ0v) is 20.1. The van der Waals surface area contributed by atoms with Gasteiger partial charge < -0.3 is 15.4 Å². The minimum Gasteiger partial charge on any atom is -0.497 e. The van der Waals surface area contributed by atoms with Crippen LogP contribution in [0.5, 0.6) is 5.75 Å². The van der Waals surface area contributed by atoms with Gasteiger partial charge in [0, 0.05) is 26.4 Å². The summed E-state index contributed by atoms with van der Waals surface area (Å²) in [7, 11) is 0.374. The second-order valence-corrected chi connectivity index (χ2v) is 9.16. The number of hydrogen-bond acceptors (Lipinski definition) is 5. The van der Waals surface area contributed by atoms with E-state index in [1.807, 2.05) is 12.1 Å². The first-order valence-corrected chi connectivity index (χ1v) is 11.5. The molecule has 0 amide bonds. The molecule has 160 valence electrons. The van der Waals surface area contributed by atoms with Gasteiger partial charge in [-0.1, -0.05) is 18.6 Å². The van der Waals surface area contributed by atoms with Crippen molar-refractivity contribution < 1.29 is 13.2 Å². The summed E-state index contributed by atoms with van der Waals surface area (Å²) in [6.45, 7) is 3.21. The number of rotatable bonds is 8. The van der Waals surface area contributed by atoms with E-state index in [0.717, 1.165) is 18.8 Å². The normalized spacial score (nSPS) is 16.8. The van der Waals surface area contributed by atoms with Crippen LogP contribution in [0.3, 0.4) is 0 Å². The van der Waals surface area contributed by atoms with Crippen LogP contribution in [-0.2, 0) is 9.84 Å². The van der Waals surface area contributed by atoms with Gasteiger partial charge in [-0.2, -0.15) is 0 Å². The first-order valence-electron chi connectivity index (χ1n) is 9.43. The molecule has 7 nitrogen and oxygen atoms in total. The monoisotopic (exact) mass is 524 g/mol. The molecule has 1 aliphatic heterocycles. The minimum absolute atomic E-state index is 0. The average Bonchev–Trinajstić information content (AvgIpc) is 2.67. The number of sulfone groups is 1. The number of nitrogens with one attached hydrogen (secondary N) is 2. The van der Waals surface area contributed by atoms with Gasteiger partial charge in [-0.05, 0) is 43.6 Å². The third kappa shape index (κ3) is 8.52. The second kappa shape index (κ2) is 12.5. The number of aliphatic imine (C=N–C) groups is 1. The summed E-state index contributed by atoms with van der Waals surface area (Å²) >= 11 is 0. The van der Waals surface area contributed by atoms with Gasteiger partial charge in [-0.3, -0.25) is 9.89 Å². The molecule has 1 aromatic carbocycles. The van der Waals surface area contributed by atoms with Crippen LogP contribution in [0, 0.1) is 0 Å². The first kappa shape index (κ1) is 25.0. The topological polar surface area (TPSA) is 83.0 Å². The summed E-state index contributed by atoms with van der Waals surface area (Å²) in [5, 5.41) is 6.43. The Bertz CT molecular complexity index is 704. The molecule has 0 spiro atoms. The number of hydrogen-bond donors (Lipinski definition) is 2. The summed E-state index contributed by atoms with van der Waals surface area (Å²) in [4.78, 5) is 6.71. The highest BCUT2D eigenvalue weighted by molar-refractivity contribution is 14.0. The number of guanidine groups is 1. The van der Waals surface area contributed by atoms with E-state index in [2.05, 4.69) is 32.7 Å². The molecule has 1 atom stereocenters. The molecular formula is C19H33IN4O3S. The Labute approximate surface area is 186 Å². The molecule has 0 radical (unpaired) electrons. The highest BCUT2D eigenvalue weighted by atomic mass is 127. The number of ether oxygens (including phenoxy) is 1. The largest absolute Gasteiger partial charge is 0.497 e. The van der Waals surface area contributed by atoms with Crippen molar-refractivity contribution in [1.82, 2.24) is 15.5 Å². The Kier molecular flexibility index (Phi) is 11.1.